The van der Waals surface area contributed by atoms with Gasteiger partial charge in [0.15, 0.2) is 0 Å². The average molecular weight is 289 g/mol. The molecule has 21 heavy (non-hydrogen) atoms. The largest absolute Gasteiger partial charge is 0.340 e. The number of aryl methyl sites for hydroxylation is 2. The van der Waals surface area contributed by atoms with Gasteiger partial charge in [-0.15, -0.1) is 0 Å². The van der Waals surface area contributed by atoms with Crippen LogP contribution in [0.4, 0.5) is 21.7 Å². The molecule has 0 atom stereocenters. The number of rotatable bonds is 5. The lowest BCUT2D eigenvalue weighted by Crippen LogP contribution is -2.14. The van der Waals surface area contributed by atoms with Crippen molar-refractivity contribution < 1.29 is 4.39 Å². The van der Waals surface area contributed by atoms with Crippen molar-refractivity contribution in [2.24, 2.45) is 5.84 Å². The maximum Gasteiger partial charge on any atom is 0.148 e. The number of nitrogens with one attached hydrogen (secondary N) is 2. The second-order valence-electron chi connectivity index (χ2n) is 4.95. The summed E-state index contributed by atoms with van der Waals surface area (Å²) in [6.07, 6.45) is 1.72. The van der Waals surface area contributed by atoms with E-state index in [2.05, 4.69) is 27.6 Å². The summed E-state index contributed by atoms with van der Waals surface area (Å²) in [5, 5.41) is 3.20. The third-order valence-corrected chi connectivity index (χ3v) is 3.22. The van der Waals surface area contributed by atoms with Crippen molar-refractivity contribution in [3.05, 3.63) is 41.0 Å². The molecule has 0 bridgehead atoms. The number of anilines is 3. The predicted molar refractivity (Wildman–Crippen MR) is 83.0 cm³/mol. The zero-order chi connectivity index (χ0) is 15.4. The van der Waals surface area contributed by atoms with Crippen LogP contribution in [0.1, 0.15) is 30.3 Å². The molecule has 0 aliphatic carbocycles. The van der Waals surface area contributed by atoms with Crippen molar-refractivity contribution in [2.75, 3.05) is 10.7 Å². The standard InChI is InChI=1S/C15H20FN5/c1-4-5-13-19-14(10(3)15(20-13)21-17)18-11-6-7-12(16)9(2)8-11/h6-8H,4-5,17H2,1-3H3,(H2,18,19,20,21). The van der Waals surface area contributed by atoms with Crippen LogP contribution in [0.15, 0.2) is 18.2 Å². The molecule has 1 heterocycles. The first-order valence-electron chi connectivity index (χ1n) is 6.92. The van der Waals surface area contributed by atoms with Crippen LogP contribution in [0.2, 0.25) is 0 Å². The minimum Gasteiger partial charge on any atom is -0.340 e. The van der Waals surface area contributed by atoms with Crippen molar-refractivity contribution in [1.29, 1.82) is 0 Å². The summed E-state index contributed by atoms with van der Waals surface area (Å²) in [5.41, 5.74) is 4.77. The number of nitrogen functional groups attached to an aromatic ring is 1. The Balaban J connectivity index is 2.37. The number of nitrogens with zero attached hydrogens (tertiary/aromatic N) is 2. The highest BCUT2D eigenvalue weighted by molar-refractivity contribution is 5.65. The van der Waals surface area contributed by atoms with E-state index in [0.29, 0.717) is 17.2 Å². The summed E-state index contributed by atoms with van der Waals surface area (Å²) in [7, 11) is 0. The minimum atomic E-state index is -0.226. The molecule has 5 nitrogen and oxygen atoms in total. The van der Waals surface area contributed by atoms with E-state index in [1.165, 1.54) is 6.07 Å². The Hall–Kier alpha value is -2.21. The van der Waals surface area contributed by atoms with Gasteiger partial charge in [-0.05, 0) is 44.0 Å². The van der Waals surface area contributed by atoms with Crippen molar-refractivity contribution in [3.63, 3.8) is 0 Å². The first-order valence-corrected chi connectivity index (χ1v) is 6.92. The SMILES string of the molecule is CCCc1nc(NN)c(C)c(Nc2ccc(F)c(C)c2)n1. The third kappa shape index (κ3) is 3.46. The van der Waals surface area contributed by atoms with E-state index >= 15 is 0 Å². The molecule has 2 rings (SSSR count). The monoisotopic (exact) mass is 289 g/mol. The van der Waals surface area contributed by atoms with E-state index in [1.54, 1.807) is 19.1 Å². The Labute approximate surface area is 123 Å². The zero-order valence-corrected chi connectivity index (χ0v) is 12.5. The summed E-state index contributed by atoms with van der Waals surface area (Å²) in [4.78, 5) is 8.87. The van der Waals surface area contributed by atoms with Gasteiger partial charge in [0.2, 0.25) is 0 Å². The molecule has 0 saturated heterocycles. The van der Waals surface area contributed by atoms with E-state index in [0.717, 1.165) is 29.9 Å². The Morgan fingerprint density at radius 2 is 1.90 bits per heavy atom. The first kappa shape index (κ1) is 15.2. The lowest BCUT2D eigenvalue weighted by Gasteiger charge is -2.14. The van der Waals surface area contributed by atoms with E-state index in [-0.39, 0.29) is 5.82 Å². The fourth-order valence-electron chi connectivity index (χ4n) is 2.02. The van der Waals surface area contributed by atoms with Gasteiger partial charge in [-0.1, -0.05) is 6.92 Å². The Morgan fingerprint density at radius 1 is 1.19 bits per heavy atom. The number of aromatic nitrogens is 2. The van der Waals surface area contributed by atoms with Crippen LogP contribution in [0.5, 0.6) is 0 Å². The van der Waals surface area contributed by atoms with Crippen LogP contribution in [0, 0.1) is 19.7 Å². The minimum absolute atomic E-state index is 0.226. The van der Waals surface area contributed by atoms with Crippen LogP contribution in [-0.4, -0.2) is 9.97 Å². The zero-order valence-electron chi connectivity index (χ0n) is 12.5. The Kier molecular flexibility index (Phi) is 4.70. The van der Waals surface area contributed by atoms with E-state index in [4.69, 9.17) is 5.84 Å². The molecule has 0 saturated carbocycles. The van der Waals surface area contributed by atoms with Gasteiger partial charge in [-0.3, -0.25) is 0 Å². The van der Waals surface area contributed by atoms with Crippen molar-refractivity contribution in [1.82, 2.24) is 9.97 Å². The highest BCUT2D eigenvalue weighted by Gasteiger charge is 2.10. The molecule has 4 N–H and O–H groups in total. The molecular formula is C15H20FN5. The Morgan fingerprint density at radius 3 is 2.52 bits per heavy atom. The molecule has 1 aromatic heterocycles. The number of hydrogen-bond acceptors (Lipinski definition) is 5. The van der Waals surface area contributed by atoms with E-state index in [9.17, 15) is 4.39 Å². The smallest absolute Gasteiger partial charge is 0.148 e. The lowest BCUT2D eigenvalue weighted by molar-refractivity contribution is 0.619. The number of hydrazine groups is 1. The molecule has 0 unspecified atom stereocenters. The fraction of sp³-hybridized carbons (Fsp3) is 0.333. The van der Waals surface area contributed by atoms with E-state index < -0.39 is 0 Å². The molecule has 0 aliphatic heterocycles. The molecular weight excluding hydrogens is 269 g/mol. The predicted octanol–water partition coefficient (Wildman–Crippen LogP) is 3.21. The number of benzene rings is 1. The highest BCUT2D eigenvalue weighted by Crippen LogP contribution is 2.24. The van der Waals surface area contributed by atoms with Gasteiger partial charge in [0.1, 0.15) is 23.3 Å². The van der Waals surface area contributed by atoms with Crippen LogP contribution in [0.25, 0.3) is 0 Å². The van der Waals surface area contributed by atoms with E-state index in [1.807, 2.05) is 6.92 Å². The van der Waals surface area contributed by atoms with Gasteiger partial charge in [0.05, 0.1) is 0 Å². The van der Waals surface area contributed by atoms with Gasteiger partial charge in [-0.2, -0.15) is 0 Å². The molecule has 0 aliphatic rings. The van der Waals surface area contributed by atoms with Gasteiger partial charge in [-0.25, -0.2) is 20.2 Å². The normalized spacial score (nSPS) is 10.5. The quantitative estimate of drug-likeness (QED) is 0.582. The number of halogens is 1. The van der Waals surface area contributed by atoms with Gasteiger partial charge in [0.25, 0.3) is 0 Å². The highest BCUT2D eigenvalue weighted by atomic mass is 19.1. The van der Waals surface area contributed by atoms with Crippen molar-refractivity contribution in [3.8, 4) is 0 Å². The molecule has 2 aromatic rings. The molecule has 112 valence electrons. The van der Waals surface area contributed by atoms with Crippen LogP contribution < -0.4 is 16.6 Å². The van der Waals surface area contributed by atoms with Crippen LogP contribution in [-0.2, 0) is 6.42 Å². The third-order valence-electron chi connectivity index (χ3n) is 3.22. The van der Waals surface area contributed by atoms with Gasteiger partial charge >= 0.3 is 0 Å². The van der Waals surface area contributed by atoms with Gasteiger partial charge < -0.3 is 10.7 Å². The summed E-state index contributed by atoms with van der Waals surface area (Å²) in [6.45, 7) is 5.67. The van der Waals surface area contributed by atoms with Crippen molar-refractivity contribution >= 4 is 17.3 Å². The topological polar surface area (TPSA) is 75.9 Å². The van der Waals surface area contributed by atoms with Crippen LogP contribution in [0.3, 0.4) is 0 Å². The molecule has 0 radical (unpaired) electrons. The fourth-order valence-corrected chi connectivity index (χ4v) is 2.02. The second-order valence-corrected chi connectivity index (χ2v) is 4.95. The summed E-state index contributed by atoms with van der Waals surface area (Å²) in [6, 6.07) is 4.86. The summed E-state index contributed by atoms with van der Waals surface area (Å²) >= 11 is 0. The number of nitrogens with two attached hydrogens (primary N) is 1. The summed E-state index contributed by atoms with van der Waals surface area (Å²) in [5.74, 6) is 7.26. The van der Waals surface area contributed by atoms with Crippen molar-refractivity contribution in [2.45, 2.75) is 33.6 Å². The Bertz CT molecular complexity index is 642. The lowest BCUT2D eigenvalue weighted by atomic mass is 10.2. The maximum absolute atomic E-state index is 13.3. The van der Waals surface area contributed by atoms with Gasteiger partial charge in [0, 0.05) is 17.7 Å². The second kappa shape index (κ2) is 6.49. The molecule has 1 aromatic carbocycles. The molecule has 6 heteroatoms. The molecule has 0 amide bonds. The molecule has 0 fully saturated rings. The maximum atomic E-state index is 13.3. The van der Waals surface area contributed by atoms with Crippen LogP contribution >= 0.6 is 0 Å². The number of hydrogen-bond donors (Lipinski definition) is 3. The summed E-state index contributed by atoms with van der Waals surface area (Å²) < 4.78 is 13.3. The first-order chi connectivity index (χ1) is 10.0. The average Bonchev–Trinajstić information content (AvgIpc) is 2.46. The molecule has 0 spiro atoms.